The molecule has 1 saturated carbocycles. The highest BCUT2D eigenvalue weighted by Crippen LogP contribution is 2.36. The second-order valence-corrected chi connectivity index (χ2v) is 7.94. The summed E-state index contributed by atoms with van der Waals surface area (Å²) in [6.45, 7) is 2.12. The van der Waals surface area contributed by atoms with Crippen LogP contribution in [-0.4, -0.2) is 46.7 Å². The van der Waals surface area contributed by atoms with Gasteiger partial charge >= 0.3 is 6.03 Å². The highest BCUT2D eigenvalue weighted by Gasteiger charge is 2.52. The van der Waals surface area contributed by atoms with Crippen molar-refractivity contribution >= 4 is 27.9 Å². The summed E-state index contributed by atoms with van der Waals surface area (Å²) in [5, 5.41) is 13.0. The van der Waals surface area contributed by atoms with Crippen molar-refractivity contribution in [2.45, 2.75) is 44.2 Å². The zero-order valence-electron chi connectivity index (χ0n) is 14.2. The minimum absolute atomic E-state index is 0.0166. The van der Waals surface area contributed by atoms with Gasteiger partial charge in [-0.25, -0.2) is 4.79 Å². The number of nitrogens with one attached hydrogen (secondary N) is 1. The van der Waals surface area contributed by atoms with Gasteiger partial charge in [-0.1, -0.05) is 22.9 Å². The molecule has 136 valence electrons. The Morgan fingerprint density at radius 1 is 1.32 bits per heavy atom. The first kappa shape index (κ1) is 18.2. The van der Waals surface area contributed by atoms with E-state index in [2.05, 4.69) is 28.2 Å². The number of urea groups is 1. The van der Waals surface area contributed by atoms with E-state index in [9.17, 15) is 14.7 Å². The van der Waals surface area contributed by atoms with Crippen LogP contribution in [0.1, 0.15) is 32.6 Å². The van der Waals surface area contributed by atoms with Crippen LogP contribution in [0.3, 0.4) is 0 Å². The third-order valence-corrected chi connectivity index (χ3v) is 5.55. The van der Waals surface area contributed by atoms with E-state index in [1.807, 2.05) is 12.1 Å². The van der Waals surface area contributed by atoms with Gasteiger partial charge in [0.05, 0.1) is 6.54 Å². The number of halogens is 1. The number of carbonyl (C=O) groups excluding carboxylic acids is 2. The van der Waals surface area contributed by atoms with Crippen LogP contribution >= 0.6 is 15.9 Å². The number of hydrogen-bond donors (Lipinski definition) is 2. The summed E-state index contributed by atoms with van der Waals surface area (Å²) >= 11 is 3.34. The van der Waals surface area contributed by atoms with Crippen molar-refractivity contribution in [1.82, 2.24) is 10.2 Å². The Labute approximate surface area is 155 Å². The summed E-state index contributed by atoms with van der Waals surface area (Å²) in [5.41, 5.74) is -0.768. The van der Waals surface area contributed by atoms with E-state index < -0.39 is 17.7 Å². The zero-order valence-corrected chi connectivity index (χ0v) is 15.8. The number of nitrogens with zero attached hydrogens (tertiary/aromatic N) is 1. The van der Waals surface area contributed by atoms with E-state index in [1.54, 1.807) is 12.1 Å². The number of benzene rings is 1. The summed E-state index contributed by atoms with van der Waals surface area (Å²) in [4.78, 5) is 26.1. The summed E-state index contributed by atoms with van der Waals surface area (Å²) in [7, 11) is 0. The molecule has 7 heteroatoms. The Bertz CT molecular complexity index is 641. The number of ether oxygens (including phenoxy) is 1. The summed E-state index contributed by atoms with van der Waals surface area (Å²) < 4.78 is 6.45. The van der Waals surface area contributed by atoms with Gasteiger partial charge in [0.25, 0.3) is 5.91 Å². The fraction of sp³-hybridized carbons (Fsp3) is 0.556. The predicted octanol–water partition coefficient (Wildman–Crippen LogP) is 2.69. The second-order valence-electron chi connectivity index (χ2n) is 7.03. The fourth-order valence-electron chi connectivity index (χ4n) is 3.42. The summed E-state index contributed by atoms with van der Waals surface area (Å²) in [6.07, 6.45) is 2.25. The van der Waals surface area contributed by atoms with Crippen molar-refractivity contribution in [3.63, 3.8) is 0 Å². The standard InChI is InChI=1S/C18H23BrN2O4/c1-12-6-8-18(9-7-12)16(23)21(17(24)20-18)10-14(22)11-25-15-4-2-13(19)3-5-15/h2-5,12,14,22H,6-11H2,1H3,(H,20,24). The van der Waals surface area contributed by atoms with Gasteiger partial charge < -0.3 is 15.2 Å². The number of aliphatic hydroxyl groups excluding tert-OH is 1. The Morgan fingerprint density at radius 3 is 2.60 bits per heavy atom. The van der Waals surface area contributed by atoms with Gasteiger partial charge in [0.2, 0.25) is 0 Å². The highest BCUT2D eigenvalue weighted by atomic mass is 79.9. The van der Waals surface area contributed by atoms with E-state index in [1.165, 1.54) is 0 Å². The molecule has 2 fully saturated rings. The van der Waals surface area contributed by atoms with Crippen LogP contribution < -0.4 is 10.1 Å². The molecule has 1 aromatic rings. The maximum atomic E-state index is 12.7. The van der Waals surface area contributed by atoms with Gasteiger partial charge in [-0.05, 0) is 55.9 Å². The number of rotatable bonds is 5. The first-order valence-electron chi connectivity index (χ1n) is 8.60. The first-order valence-corrected chi connectivity index (χ1v) is 9.39. The molecule has 3 rings (SSSR count). The van der Waals surface area contributed by atoms with Gasteiger partial charge in [0.1, 0.15) is 24.0 Å². The number of aliphatic hydroxyl groups is 1. The zero-order chi connectivity index (χ0) is 18.0. The monoisotopic (exact) mass is 410 g/mol. The lowest BCUT2D eigenvalue weighted by Gasteiger charge is -2.33. The summed E-state index contributed by atoms with van der Waals surface area (Å²) in [5.74, 6) is 0.985. The molecule has 0 bridgehead atoms. The molecule has 3 amide bonds. The van der Waals surface area contributed by atoms with Crippen molar-refractivity contribution in [3.05, 3.63) is 28.7 Å². The first-order chi connectivity index (χ1) is 11.9. The van der Waals surface area contributed by atoms with Gasteiger partial charge in [0.15, 0.2) is 0 Å². The predicted molar refractivity (Wildman–Crippen MR) is 96.3 cm³/mol. The number of hydrogen-bond acceptors (Lipinski definition) is 4. The third-order valence-electron chi connectivity index (χ3n) is 5.02. The minimum atomic E-state index is -0.934. The molecular formula is C18H23BrN2O4. The normalized spacial score (nSPS) is 27.5. The van der Waals surface area contributed by atoms with E-state index in [0.717, 1.165) is 22.2 Å². The van der Waals surface area contributed by atoms with Crippen LogP contribution in [0.15, 0.2) is 28.7 Å². The van der Waals surface area contributed by atoms with Gasteiger partial charge in [0, 0.05) is 4.47 Å². The lowest BCUT2D eigenvalue weighted by molar-refractivity contribution is -0.133. The summed E-state index contributed by atoms with van der Waals surface area (Å²) in [6, 6.07) is 6.83. The average molecular weight is 411 g/mol. The molecule has 1 aromatic carbocycles. The van der Waals surface area contributed by atoms with Crippen molar-refractivity contribution in [3.8, 4) is 5.75 Å². The number of β-amino-alcohol motifs (C(OH)–C–C–N with tert-alkyl or cyclic N) is 1. The van der Waals surface area contributed by atoms with E-state index in [0.29, 0.717) is 24.5 Å². The molecular weight excluding hydrogens is 388 g/mol. The number of carbonyl (C=O) groups is 2. The molecule has 1 spiro atoms. The van der Waals surface area contributed by atoms with Crippen LogP contribution in [0.4, 0.5) is 4.79 Å². The molecule has 6 nitrogen and oxygen atoms in total. The van der Waals surface area contributed by atoms with Crippen molar-refractivity contribution in [2.24, 2.45) is 5.92 Å². The molecule has 1 aliphatic carbocycles. The minimum Gasteiger partial charge on any atom is -0.491 e. The average Bonchev–Trinajstić information content (AvgIpc) is 2.82. The van der Waals surface area contributed by atoms with Crippen molar-refractivity contribution in [2.75, 3.05) is 13.2 Å². The van der Waals surface area contributed by atoms with E-state index in [4.69, 9.17) is 4.74 Å². The van der Waals surface area contributed by atoms with Crippen molar-refractivity contribution in [1.29, 1.82) is 0 Å². The van der Waals surface area contributed by atoms with Crippen molar-refractivity contribution < 1.29 is 19.4 Å². The van der Waals surface area contributed by atoms with E-state index >= 15 is 0 Å². The maximum absolute atomic E-state index is 12.7. The Hall–Kier alpha value is -1.60. The third kappa shape index (κ3) is 3.98. The highest BCUT2D eigenvalue weighted by molar-refractivity contribution is 9.10. The second kappa shape index (κ2) is 7.33. The lowest BCUT2D eigenvalue weighted by atomic mass is 9.77. The lowest BCUT2D eigenvalue weighted by Crippen LogP contribution is -2.49. The molecule has 2 N–H and O–H groups in total. The van der Waals surface area contributed by atoms with E-state index in [-0.39, 0.29) is 19.1 Å². The van der Waals surface area contributed by atoms with Crippen LogP contribution in [0, 0.1) is 5.92 Å². The van der Waals surface area contributed by atoms with Crippen LogP contribution in [-0.2, 0) is 4.79 Å². The fourth-order valence-corrected chi connectivity index (χ4v) is 3.69. The largest absolute Gasteiger partial charge is 0.491 e. The Morgan fingerprint density at radius 2 is 1.96 bits per heavy atom. The quantitative estimate of drug-likeness (QED) is 0.731. The molecule has 25 heavy (non-hydrogen) atoms. The SMILES string of the molecule is CC1CCC2(CC1)NC(=O)N(CC(O)COc1ccc(Br)cc1)C2=O. The van der Waals surface area contributed by atoms with Gasteiger partial charge in [-0.3, -0.25) is 9.69 Å². The molecule has 0 aromatic heterocycles. The van der Waals surface area contributed by atoms with Crippen LogP contribution in [0.2, 0.25) is 0 Å². The molecule has 0 radical (unpaired) electrons. The topological polar surface area (TPSA) is 78.9 Å². The van der Waals surface area contributed by atoms with Gasteiger partial charge in [-0.15, -0.1) is 0 Å². The van der Waals surface area contributed by atoms with Crippen LogP contribution in [0.5, 0.6) is 5.75 Å². The molecule has 1 unspecified atom stereocenters. The molecule has 1 heterocycles. The van der Waals surface area contributed by atoms with Gasteiger partial charge in [-0.2, -0.15) is 0 Å². The van der Waals surface area contributed by atoms with Crippen LogP contribution in [0.25, 0.3) is 0 Å². The Balaban J connectivity index is 1.55. The smallest absolute Gasteiger partial charge is 0.325 e. The Kier molecular flexibility index (Phi) is 5.34. The number of amides is 3. The molecule has 1 aliphatic heterocycles. The molecule has 2 aliphatic rings. The molecule has 1 atom stereocenters. The number of imide groups is 1. The molecule has 1 saturated heterocycles. The maximum Gasteiger partial charge on any atom is 0.325 e.